The van der Waals surface area contributed by atoms with Gasteiger partial charge in [0, 0.05) is 0 Å². The minimum Gasteiger partial charge on any atom is -0.393 e. The molecule has 0 aliphatic carbocycles. The third-order valence-corrected chi connectivity index (χ3v) is 2.69. The van der Waals surface area contributed by atoms with E-state index < -0.39 is 24.5 Å². The van der Waals surface area contributed by atoms with Crippen molar-refractivity contribution in [3.8, 4) is 0 Å². The van der Waals surface area contributed by atoms with Crippen LogP contribution >= 0.6 is 12.2 Å². The summed E-state index contributed by atoms with van der Waals surface area (Å²) in [6.45, 7) is -1.39. The van der Waals surface area contributed by atoms with Crippen LogP contribution in [0.15, 0.2) is 30.3 Å². The first kappa shape index (κ1) is 15.4. The maximum atomic E-state index is 12.0. The SMILES string of the molecule is NC(=S)C(Cc1ccccc1)C(=O)NCC(F)(F)F. The van der Waals surface area contributed by atoms with Gasteiger partial charge in [0.1, 0.15) is 6.54 Å². The Hall–Kier alpha value is -1.63. The number of carbonyl (C=O) groups is 1. The molecular weight excluding hydrogens is 277 g/mol. The van der Waals surface area contributed by atoms with Crippen LogP contribution in [-0.4, -0.2) is 23.6 Å². The maximum Gasteiger partial charge on any atom is 0.405 e. The quantitative estimate of drug-likeness (QED) is 0.813. The Morgan fingerprint density at radius 2 is 1.89 bits per heavy atom. The molecule has 19 heavy (non-hydrogen) atoms. The first-order valence-corrected chi connectivity index (χ1v) is 5.88. The van der Waals surface area contributed by atoms with Gasteiger partial charge >= 0.3 is 6.18 Å². The highest BCUT2D eigenvalue weighted by atomic mass is 32.1. The highest BCUT2D eigenvalue weighted by Crippen LogP contribution is 2.14. The molecule has 3 N–H and O–H groups in total. The minimum absolute atomic E-state index is 0.122. The fraction of sp³-hybridized carbons (Fsp3) is 0.333. The Labute approximate surface area is 114 Å². The van der Waals surface area contributed by atoms with Crippen LogP contribution in [-0.2, 0) is 11.2 Å². The summed E-state index contributed by atoms with van der Waals surface area (Å²) in [5.41, 5.74) is 6.19. The second-order valence-electron chi connectivity index (χ2n) is 3.98. The molecule has 1 amide bonds. The summed E-state index contributed by atoms with van der Waals surface area (Å²) in [5.74, 6) is -1.76. The van der Waals surface area contributed by atoms with Crippen LogP contribution in [0, 0.1) is 5.92 Å². The summed E-state index contributed by atoms with van der Waals surface area (Å²) in [6.07, 6.45) is -4.27. The predicted molar refractivity (Wildman–Crippen MR) is 69.5 cm³/mol. The molecule has 0 fully saturated rings. The summed E-state index contributed by atoms with van der Waals surface area (Å²) >= 11 is 4.74. The first-order chi connectivity index (χ1) is 8.79. The number of carbonyl (C=O) groups excluding carboxylic acids is 1. The Kier molecular flexibility index (Phi) is 5.29. The largest absolute Gasteiger partial charge is 0.405 e. The molecule has 0 spiro atoms. The van der Waals surface area contributed by atoms with Crippen molar-refractivity contribution in [1.82, 2.24) is 5.32 Å². The molecule has 1 unspecified atom stereocenters. The van der Waals surface area contributed by atoms with E-state index in [0.717, 1.165) is 5.56 Å². The van der Waals surface area contributed by atoms with Gasteiger partial charge in [0.2, 0.25) is 5.91 Å². The summed E-state index contributed by atoms with van der Waals surface area (Å²) < 4.78 is 36.1. The monoisotopic (exact) mass is 290 g/mol. The van der Waals surface area contributed by atoms with Gasteiger partial charge in [-0.2, -0.15) is 13.2 Å². The van der Waals surface area contributed by atoms with Crippen LogP contribution in [0.3, 0.4) is 0 Å². The van der Waals surface area contributed by atoms with Gasteiger partial charge in [-0.05, 0) is 12.0 Å². The summed E-state index contributed by atoms with van der Waals surface area (Å²) in [5, 5.41) is 1.79. The number of benzene rings is 1. The van der Waals surface area contributed by atoms with Crippen molar-refractivity contribution >= 4 is 23.1 Å². The highest BCUT2D eigenvalue weighted by Gasteiger charge is 2.30. The second kappa shape index (κ2) is 6.51. The van der Waals surface area contributed by atoms with Crippen molar-refractivity contribution in [2.24, 2.45) is 11.7 Å². The lowest BCUT2D eigenvalue weighted by atomic mass is 9.98. The van der Waals surface area contributed by atoms with E-state index in [2.05, 4.69) is 0 Å². The normalized spacial score (nSPS) is 12.8. The van der Waals surface area contributed by atoms with Crippen LogP contribution in [0.4, 0.5) is 13.2 Å². The lowest BCUT2D eigenvalue weighted by Gasteiger charge is -2.16. The molecule has 0 aliphatic rings. The highest BCUT2D eigenvalue weighted by molar-refractivity contribution is 7.80. The molecule has 0 saturated heterocycles. The van der Waals surface area contributed by atoms with Gasteiger partial charge in [-0.1, -0.05) is 42.5 Å². The number of hydrogen-bond acceptors (Lipinski definition) is 2. The Morgan fingerprint density at radius 3 is 2.37 bits per heavy atom. The predicted octanol–water partition coefficient (Wildman–Crippen LogP) is 1.81. The smallest absolute Gasteiger partial charge is 0.393 e. The lowest BCUT2D eigenvalue weighted by Crippen LogP contribution is -2.42. The van der Waals surface area contributed by atoms with Gasteiger partial charge in [-0.25, -0.2) is 0 Å². The van der Waals surface area contributed by atoms with Crippen molar-refractivity contribution < 1.29 is 18.0 Å². The van der Waals surface area contributed by atoms with Gasteiger partial charge in [0.25, 0.3) is 0 Å². The molecule has 7 heteroatoms. The van der Waals surface area contributed by atoms with Crippen LogP contribution < -0.4 is 11.1 Å². The Bertz CT molecular complexity index is 448. The van der Waals surface area contributed by atoms with E-state index in [1.54, 1.807) is 35.6 Å². The van der Waals surface area contributed by atoms with Gasteiger partial charge < -0.3 is 11.1 Å². The van der Waals surface area contributed by atoms with Gasteiger partial charge in [-0.3, -0.25) is 4.79 Å². The molecular formula is C12H13F3N2OS. The van der Waals surface area contributed by atoms with Crippen LogP contribution in [0.2, 0.25) is 0 Å². The number of nitrogens with two attached hydrogens (primary N) is 1. The molecule has 1 rings (SSSR count). The number of hydrogen-bond donors (Lipinski definition) is 2. The average Bonchev–Trinajstić information content (AvgIpc) is 2.33. The van der Waals surface area contributed by atoms with Crippen LogP contribution in [0.5, 0.6) is 0 Å². The zero-order valence-electron chi connectivity index (χ0n) is 9.91. The maximum absolute atomic E-state index is 12.0. The van der Waals surface area contributed by atoms with Crippen molar-refractivity contribution in [2.45, 2.75) is 12.6 Å². The first-order valence-electron chi connectivity index (χ1n) is 5.47. The fourth-order valence-corrected chi connectivity index (χ4v) is 1.67. The zero-order chi connectivity index (χ0) is 14.5. The van der Waals surface area contributed by atoms with Crippen LogP contribution in [0.1, 0.15) is 5.56 Å². The third kappa shape index (κ3) is 5.69. The summed E-state index contributed by atoms with van der Waals surface area (Å²) in [7, 11) is 0. The minimum atomic E-state index is -4.46. The number of amides is 1. The summed E-state index contributed by atoms with van der Waals surface area (Å²) in [6, 6.07) is 8.83. The van der Waals surface area contributed by atoms with E-state index in [-0.39, 0.29) is 11.4 Å². The van der Waals surface area contributed by atoms with Crippen molar-refractivity contribution in [3.63, 3.8) is 0 Å². The van der Waals surface area contributed by atoms with Gasteiger partial charge in [0.05, 0.1) is 10.9 Å². The van der Waals surface area contributed by atoms with E-state index in [1.165, 1.54) is 0 Å². The lowest BCUT2D eigenvalue weighted by molar-refractivity contribution is -0.139. The molecule has 0 heterocycles. The van der Waals surface area contributed by atoms with Gasteiger partial charge in [-0.15, -0.1) is 0 Å². The van der Waals surface area contributed by atoms with E-state index in [0.29, 0.717) is 0 Å². The molecule has 1 atom stereocenters. The van der Waals surface area contributed by atoms with Gasteiger partial charge in [0.15, 0.2) is 0 Å². The number of alkyl halides is 3. The molecule has 1 aromatic carbocycles. The van der Waals surface area contributed by atoms with Crippen molar-refractivity contribution in [2.75, 3.05) is 6.54 Å². The topological polar surface area (TPSA) is 55.1 Å². The molecule has 0 aliphatic heterocycles. The Balaban J connectivity index is 2.68. The van der Waals surface area contributed by atoms with E-state index in [1.807, 2.05) is 0 Å². The standard InChI is InChI=1S/C12H13F3N2OS/c13-12(14,15)7-17-11(18)9(10(16)19)6-8-4-2-1-3-5-8/h1-5,9H,6-7H2,(H2,16,19)(H,17,18). The molecule has 0 aromatic heterocycles. The zero-order valence-corrected chi connectivity index (χ0v) is 10.7. The molecule has 0 bridgehead atoms. The average molecular weight is 290 g/mol. The van der Waals surface area contributed by atoms with Crippen molar-refractivity contribution in [1.29, 1.82) is 0 Å². The molecule has 0 radical (unpaired) electrons. The number of thiocarbonyl (C=S) groups is 1. The second-order valence-corrected chi connectivity index (χ2v) is 4.45. The molecule has 0 saturated carbocycles. The van der Waals surface area contributed by atoms with E-state index in [4.69, 9.17) is 18.0 Å². The Morgan fingerprint density at radius 1 is 1.32 bits per heavy atom. The van der Waals surface area contributed by atoms with E-state index in [9.17, 15) is 18.0 Å². The number of nitrogens with one attached hydrogen (secondary N) is 1. The number of halogens is 3. The van der Waals surface area contributed by atoms with Crippen molar-refractivity contribution in [3.05, 3.63) is 35.9 Å². The van der Waals surface area contributed by atoms with E-state index >= 15 is 0 Å². The molecule has 1 aromatic rings. The molecule has 104 valence electrons. The molecule has 3 nitrogen and oxygen atoms in total. The summed E-state index contributed by atoms with van der Waals surface area (Å²) in [4.78, 5) is 11.5. The fourth-order valence-electron chi connectivity index (χ4n) is 1.48. The third-order valence-electron chi connectivity index (χ3n) is 2.41. The van der Waals surface area contributed by atoms with Crippen LogP contribution in [0.25, 0.3) is 0 Å². The number of rotatable bonds is 5.